The second-order valence-corrected chi connectivity index (χ2v) is 8.11. The third-order valence-electron chi connectivity index (χ3n) is 4.30. The van der Waals surface area contributed by atoms with Crippen LogP contribution in [0.4, 0.5) is 0 Å². The van der Waals surface area contributed by atoms with Gasteiger partial charge in [0.15, 0.2) is 22.3 Å². The summed E-state index contributed by atoms with van der Waals surface area (Å²) in [6, 6.07) is 16.3. The Balaban J connectivity index is 1.50. The zero-order valence-corrected chi connectivity index (χ0v) is 17.3. The summed E-state index contributed by atoms with van der Waals surface area (Å²) < 4.78 is 12.8. The lowest BCUT2D eigenvalue weighted by atomic mass is 10.2. The average Bonchev–Trinajstić information content (AvgIpc) is 3.32. The Bertz CT molecular complexity index is 1060. The second kappa shape index (κ2) is 8.62. The van der Waals surface area contributed by atoms with E-state index >= 15 is 0 Å². The molecule has 0 atom stereocenters. The average molecular weight is 413 g/mol. The van der Waals surface area contributed by atoms with Gasteiger partial charge in [-0.2, -0.15) is 21.4 Å². The van der Waals surface area contributed by atoms with Gasteiger partial charge in [0.1, 0.15) is 0 Å². The van der Waals surface area contributed by atoms with Gasteiger partial charge in [0.25, 0.3) is 0 Å². The van der Waals surface area contributed by atoms with E-state index in [4.69, 9.17) is 14.6 Å². The molecule has 0 N–H and O–H groups in total. The van der Waals surface area contributed by atoms with E-state index in [2.05, 4.69) is 34.5 Å². The number of hydrogen-bond acceptors (Lipinski definition) is 7. The van der Waals surface area contributed by atoms with Crippen LogP contribution in [0.25, 0.3) is 15.5 Å². The molecule has 0 saturated heterocycles. The number of ether oxygens (including phenoxy) is 2. The topological polar surface area (TPSA) is 61.5 Å². The number of aromatic nitrogens is 4. The van der Waals surface area contributed by atoms with E-state index in [-0.39, 0.29) is 0 Å². The van der Waals surface area contributed by atoms with Crippen LogP contribution in [0.1, 0.15) is 11.4 Å². The third kappa shape index (κ3) is 3.83. The number of rotatable bonds is 8. The van der Waals surface area contributed by atoms with E-state index in [9.17, 15) is 0 Å². The largest absolute Gasteiger partial charge is 0.493 e. The van der Waals surface area contributed by atoms with Gasteiger partial charge in [-0.1, -0.05) is 47.7 Å². The molecule has 2 heterocycles. The molecule has 144 valence electrons. The summed E-state index contributed by atoms with van der Waals surface area (Å²) in [4.78, 5) is 0.776. The molecule has 8 heteroatoms. The van der Waals surface area contributed by atoms with Gasteiger partial charge in [0, 0.05) is 0 Å². The van der Waals surface area contributed by atoms with Crippen LogP contribution in [-0.2, 0) is 12.2 Å². The minimum Gasteiger partial charge on any atom is -0.493 e. The lowest BCUT2D eigenvalue weighted by molar-refractivity contribution is 0.356. The Morgan fingerprint density at radius 3 is 2.64 bits per heavy atom. The fraction of sp³-hybridized carbons (Fsp3) is 0.250. The van der Waals surface area contributed by atoms with Gasteiger partial charge >= 0.3 is 0 Å². The highest BCUT2D eigenvalue weighted by Gasteiger charge is 2.18. The van der Waals surface area contributed by atoms with Gasteiger partial charge in [-0.3, -0.25) is 0 Å². The molecule has 0 amide bonds. The fourth-order valence-corrected chi connectivity index (χ4v) is 4.68. The highest BCUT2D eigenvalue weighted by Crippen LogP contribution is 2.39. The van der Waals surface area contributed by atoms with Crippen LogP contribution >= 0.6 is 23.1 Å². The van der Waals surface area contributed by atoms with Gasteiger partial charge in [0.2, 0.25) is 4.96 Å². The minimum atomic E-state index is 0.675. The molecule has 0 aliphatic heterocycles. The molecule has 0 spiro atoms. The Hall–Kier alpha value is -2.58. The third-order valence-corrected chi connectivity index (χ3v) is 6.19. The minimum absolute atomic E-state index is 0.675. The van der Waals surface area contributed by atoms with Crippen molar-refractivity contribution in [1.82, 2.24) is 19.8 Å². The van der Waals surface area contributed by atoms with Gasteiger partial charge in [-0.05, 0) is 29.9 Å². The van der Waals surface area contributed by atoms with Crippen LogP contribution < -0.4 is 9.47 Å². The molecule has 2 aromatic heterocycles. The molecule has 0 fully saturated rings. The maximum Gasteiger partial charge on any atom is 0.235 e. The van der Waals surface area contributed by atoms with Crippen LogP contribution in [0.2, 0.25) is 0 Å². The Morgan fingerprint density at radius 2 is 1.86 bits per heavy atom. The van der Waals surface area contributed by atoms with Crippen molar-refractivity contribution >= 4 is 28.1 Å². The quantitative estimate of drug-likeness (QED) is 0.401. The molecular formula is C20H20N4O2S2. The molecule has 2 aromatic carbocycles. The van der Waals surface area contributed by atoms with E-state index in [0.717, 1.165) is 39.3 Å². The van der Waals surface area contributed by atoms with Crippen LogP contribution in [0.3, 0.4) is 0 Å². The van der Waals surface area contributed by atoms with Crippen LogP contribution in [0.5, 0.6) is 11.5 Å². The van der Waals surface area contributed by atoms with E-state index in [1.165, 1.54) is 16.9 Å². The smallest absolute Gasteiger partial charge is 0.235 e. The molecule has 4 rings (SSSR count). The van der Waals surface area contributed by atoms with Gasteiger partial charge in [0.05, 0.1) is 25.5 Å². The molecule has 0 bridgehead atoms. The summed E-state index contributed by atoms with van der Waals surface area (Å²) in [7, 11) is 3.27. The van der Waals surface area contributed by atoms with Crippen LogP contribution in [0.15, 0.2) is 48.5 Å². The summed E-state index contributed by atoms with van der Waals surface area (Å²) in [5.41, 5.74) is 2.24. The first-order chi connectivity index (χ1) is 13.8. The summed E-state index contributed by atoms with van der Waals surface area (Å²) in [6.07, 6.45) is 1.04. The zero-order valence-electron chi connectivity index (χ0n) is 15.7. The highest BCUT2D eigenvalue weighted by atomic mass is 32.2. The monoisotopic (exact) mass is 412 g/mol. The predicted octanol–water partition coefficient (Wildman–Crippen LogP) is 4.35. The SMILES string of the molecule is COc1cccc(-c2nn3c(CSCCc4ccccc4)nnc3s2)c1OC. The molecule has 0 aliphatic rings. The van der Waals surface area contributed by atoms with Crippen molar-refractivity contribution in [3.8, 4) is 22.1 Å². The van der Waals surface area contributed by atoms with Crippen LogP contribution in [-0.4, -0.2) is 39.8 Å². The number of para-hydroxylation sites is 1. The van der Waals surface area contributed by atoms with Crippen molar-refractivity contribution in [3.05, 3.63) is 59.9 Å². The number of nitrogens with zero attached hydrogens (tertiary/aromatic N) is 4. The predicted molar refractivity (Wildman–Crippen MR) is 114 cm³/mol. The lowest BCUT2D eigenvalue weighted by Crippen LogP contribution is -1.97. The number of thioether (sulfide) groups is 1. The Kier molecular flexibility index (Phi) is 5.78. The highest BCUT2D eigenvalue weighted by molar-refractivity contribution is 7.98. The molecular weight excluding hydrogens is 392 g/mol. The molecule has 28 heavy (non-hydrogen) atoms. The normalized spacial score (nSPS) is 11.1. The summed E-state index contributed by atoms with van der Waals surface area (Å²) >= 11 is 3.33. The number of fused-ring (bicyclic) bond motifs is 1. The molecule has 4 aromatic rings. The van der Waals surface area contributed by atoms with Crippen LogP contribution in [0, 0.1) is 0 Å². The molecule has 6 nitrogen and oxygen atoms in total. The maximum atomic E-state index is 5.54. The van der Waals surface area contributed by atoms with E-state index in [1.54, 1.807) is 14.2 Å². The maximum absolute atomic E-state index is 5.54. The molecule has 0 unspecified atom stereocenters. The second-order valence-electron chi connectivity index (χ2n) is 6.05. The van der Waals surface area contributed by atoms with Crippen molar-refractivity contribution in [3.63, 3.8) is 0 Å². The van der Waals surface area contributed by atoms with E-state index in [1.807, 2.05) is 40.5 Å². The standard InChI is InChI=1S/C20H20N4O2S2/c1-25-16-10-6-9-15(18(16)26-2)19-23-24-17(21-22-20(24)28-19)13-27-12-11-14-7-4-3-5-8-14/h3-10H,11-13H2,1-2H3. The fourth-order valence-electron chi connectivity index (χ4n) is 2.91. The van der Waals surface area contributed by atoms with Gasteiger partial charge in [-0.15, -0.1) is 10.2 Å². The summed E-state index contributed by atoms with van der Waals surface area (Å²) in [5, 5.41) is 14.1. The Morgan fingerprint density at radius 1 is 1.00 bits per heavy atom. The van der Waals surface area contributed by atoms with Crippen molar-refractivity contribution in [2.45, 2.75) is 12.2 Å². The lowest BCUT2D eigenvalue weighted by Gasteiger charge is -2.10. The van der Waals surface area contributed by atoms with E-state index in [0.29, 0.717) is 11.5 Å². The van der Waals surface area contributed by atoms with Gasteiger partial charge < -0.3 is 9.47 Å². The Labute approximate surface area is 171 Å². The number of benzene rings is 2. The molecule has 0 aliphatic carbocycles. The number of aryl methyl sites for hydroxylation is 1. The number of hydrogen-bond donors (Lipinski definition) is 0. The van der Waals surface area contributed by atoms with Crippen molar-refractivity contribution in [2.75, 3.05) is 20.0 Å². The molecule has 0 radical (unpaired) electrons. The van der Waals surface area contributed by atoms with Crippen molar-refractivity contribution < 1.29 is 9.47 Å². The summed E-state index contributed by atoms with van der Waals surface area (Å²) in [6.45, 7) is 0. The first-order valence-electron chi connectivity index (χ1n) is 8.84. The van der Waals surface area contributed by atoms with Crippen molar-refractivity contribution in [2.24, 2.45) is 0 Å². The first kappa shape index (κ1) is 18.8. The first-order valence-corrected chi connectivity index (χ1v) is 10.8. The molecule has 0 saturated carbocycles. The number of methoxy groups -OCH3 is 2. The zero-order chi connectivity index (χ0) is 19.3. The van der Waals surface area contributed by atoms with Crippen molar-refractivity contribution in [1.29, 1.82) is 0 Å². The summed E-state index contributed by atoms with van der Waals surface area (Å²) in [5.74, 6) is 4.01. The van der Waals surface area contributed by atoms with Gasteiger partial charge in [-0.25, -0.2) is 0 Å². The van der Waals surface area contributed by atoms with E-state index < -0.39 is 0 Å².